The molecule has 2 aromatic heterocycles. The maximum atomic E-state index is 6.00. The molecule has 0 aliphatic rings. The largest absolute Gasteiger partial charge is 0.382 e. The molecule has 0 saturated heterocycles. The van der Waals surface area contributed by atoms with E-state index in [1.54, 1.807) is 12.3 Å². The molecule has 6 nitrogen and oxygen atoms in total. The third-order valence-electron chi connectivity index (χ3n) is 3.15. The summed E-state index contributed by atoms with van der Waals surface area (Å²) in [4.78, 5) is 16.6. The van der Waals surface area contributed by atoms with Crippen LogP contribution in [0.15, 0.2) is 24.4 Å². The fourth-order valence-corrected chi connectivity index (χ4v) is 2.39. The molecule has 4 N–H and O–H groups in total. The normalized spacial score (nSPS) is 11.0. The van der Waals surface area contributed by atoms with E-state index >= 15 is 0 Å². The lowest BCUT2D eigenvalue weighted by Crippen LogP contribution is -2.05. The van der Waals surface area contributed by atoms with Crippen molar-refractivity contribution in [2.24, 2.45) is 0 Å². The monoisotopic (exact) mass is 334 g/mol. The van der Waals surface area contributed by atoms with Crippen molar-refractivity contribution >= 4 is 46.1 Å². The van der Waals surface area contributed by atoms with Crippen LogP contribution in [-0.4, -0.2) is 19.9 Å². The Hall–Kier alpha value is -2.18. The Bertz CT molecular complexity index is 852. The summed E-state index contributed by atoms with van der Waals surface area (Å²) in [5.74, 6) is 0.314. The van der Waals surface area contributed by atoms with E-state index in [1.807, 2.05) is 12.1 Å². The van der Waals surface area contributed by atoms with Gasteiger partial charge in [-0.3, -0.25) is 0 Å². The minimum absolute atomic E-state index is 0.0860. The Morgan fingerprint density at radius 1 is 0.955 bits per heavy atom. The number of halogens is 2. The third kappa shape index (κ3) is 3.03. The second kappa shape index (κ2) is 5.90. The average Bonchev–Trinajstić information content (AvgIpc) is 2.48. The molecule has 0 fully saturated rings. The summed E-state index contributed by atoms with van der Waals surface area (Å²) in [7, 11) is 0. The Morgan fingerprint density at radius 2 is 1.77 bits per heavy atom. The van der Waals surface area contributed by atoms with Gasteiger partial charge in [-0.15, -0.1) is 0 Å². The Labute approximate surface area is 136 Å². The zero-order valence-corrected chi connectivity index (χ0v) is 12.9. The molecule has 2 heterocycles. The van der Waals surface area contributed by atoms with Crippen molar-refractivity contribution in [2.45, 2.75) is 12.8 Å². The maximum Gasteiger partial charge on any atom is 0.224 e. The second-order valence-electron chi connectivity index (χ2n) is 4.75. The molecule has 3 rings (SSSR count). The summed E-state index contributed by atoms with van der Waals surface area (Å²) in [6.07, 6.45) is 3.10. The van der Waals surface area contributed by atoms with E-state index in [-0.39, 0.29) is 11.8 Å². The van der Waals surface area contributed by atoms with E-state index in [9.17, 15) is 0 Å². The molecular formula is C14H12Cl2N6. The first-order valence-corrected chi connectivity index (χ1v) is 7.27. The van der Waals surface area contributed by atoms with E-state index < -0.39 is 0 Å². The van der Waals surface area contributed by atoms with Gasteiger partial charge in [-0.1, -0.05) is 29.3 Å². The number of nitrogen functional groups attached to an aromatic ring is 2. The van der Waals surface area contributed by atoms with E-state index in [2.05, 4.69) is 19.9 Å². The molecule has 0 aliphatic heterocycles. The molecule has 112 valence electrons. The first-order valence-electron chi connectivity index (χ1n) is 6.51. The van der Waals surface area contributed by atoms with Crippen LogP contribution in [0, 0.1) is 0 Å². The number of aromatic nitrogens is 4. The van der Waals surface area contributed by atoms with Crippen molar-refractivity contribution in [1.82, 2.24) is 19.9 Å². The van der Waals surface area contributed by atoms with Crippen molar-refractivity contribution < 1.29 is 0 Å². The number of fused-ring (bicyclic) bond motifs is 1. The molecule has 0 bridgehead atoms. The van der Waals surface area contributed by atoms with Crippen LogP contribution in [0.3, 0.4) is 0 Å². The van der Waals surface area contributed by atoms with Crippen molar-refractivity contribution in [1.29, 1.82) is 0 Å². The average molecular weight is 335 g/mol. The lowest BCUT2D eigenvalue weighted by molar-refractivity contribution is 0.909. The Balaban J connectivity index is 1.83. The molecule has 1 aromatic carbocycles. The van der Waals surface area contributed by atoms with Crippen molar-refractivity contribution in [3.8, 4) is 0 Å². The van der Waals surface area contributed by atoms with Gasteiger partial charge >= 0.3 is 0 Å². The lowest BCUT2D eigenvalue weighted by Gasteiger charge is -2.05. The van der Waals surface area contributed by atoms with Crippen LogP contribution >= 0.6 is 23.2 Å². The summed E-state index contributed by atoms with van der Waals surface area (Å²) in [5, 5.41) is 1.08. The Kier molecular flexibility index (Phi) is 3.96. The molecular weight excluding hydrogens is 323 g/mol. The van der Waals surface area contributed by atoms with Crippen LogP contribution in [-0.2, 0) is 12.8 Å². The fraction of sp³-hybridized carbons (Fsp3) is 0.143. The summed E-state index contributed by atoms with van der Waals surface area (Å²) in [6, 6.07) is 5.55. The summed E-state index contributed by atoms with van der Waals surface area (Å²) >= 11 is 11.9. The van der Waals surface area contributed by atoms with Crippen molar-refractivity contribution in [2.75, 3.05) is 11.5 Å². The van der Waals surface area contributed by atoms with Gasteiger partial charge in [-0.25, -0.2) is 9.97 Å². The van der Waals surface area contributed by atoms with E-state index in [0.29, 0.717) is 27.6 Å². The number of aryl methyl sites for hydroxylation is 2. The quantitative estimate of drug-likeness (QED) is 0.763. The van der Waals surface area contributed by atoms with Crippen LogP contribution in [0.2, 0.25) is 10.0 Å². The Morgan fingerprint density at radius 3 is 2.55 bits per heavy atom. The predicted octanol–water partition coefficient (Wildman–Crippen LogP) is 2.68. The van der Waals surface area contributed by atoms with Gasteiger partial charge in [0.25, 0.3) is 0 Å². The van der Waals surface area contributed by atoms with Crippen molar-refractivity contribution in [3.05, 3.63) is 45.7 Å². The van der Waals surface area contributed by atoms with Gasteiger partial charge in [0.05, 0.1) is 21.9 Å². The standard InChI is InChI=1S/C14H12Cl2N6/c15-9-4-2-7(5-10(9)16)1-3-8-6-19-13-11(20-8)12(17)21-14(18)22-13/h2,4-6H,1,3H2,(H4,17,18,19,21,22). The third-order valence-corrected chi connectivity index (χ3v) is 3.89. The van der Waals surface area contributed by atoms with Crippen LogP contribution in [0.5, 0.6) is 0 Å². The molecule has 0 atom stereocenters. The van der Waals surface area contributed by atoms with Gasteiger partial charge in [0.1, 0.15) is 0 Å². The second-order valence-corrected chi connectivity index (χ2v) is 5.56. The first-order chi connectivity index (χ1) is 10.5. The van der Waals surface area contributed by atoms with Gasteiger partial charge in [-0.05, 0) is 30.5 Å². The number of anilines is 2. The molecule has 8 heteroatoms. The highest BCUT2D eigenvalue weighted by Crippen LogP contribution is 2.23. The number of nitrogens with zero attached hydrogens (tertiary/aromatic N) is 4. The number of nitrogens with two attached hydrogens (primary N) is 2. The van der Waals surface area contributed by atoms with Gasteiger partial charge in [0.2, 0.25) is 5.95 Å². The van der Waals surface area contributed by atoms with E-state index in [0.717, 1.165) is 17.7 Å². The van der Waals surface area contributed by atoms with E-state index in [1.165, 1.54) is 0 Å². The molecule has 0 aliphatic carbocycles. The molecule has 0 saturated carbocycles. The molecule has 3 aromatic rings. The lowest BCUT2D eigenvalue weighted by atomic mass is 10.1. The number of rotatable bonds is 3. The highest BCUT2D eigenvalue weighted by Gasteiger charge is 2.08. The number of benzene rings is 1. The molecule has 0 amide bonds. The summed E-state index contributed by atoms with van der Waals surface area (Å²) < 4.78 is 0. The highest BCUT2D eigenvalue weighted by atomic mass is 35.5. The predicted molar refractivity (Wildman–Crippen MR) is 87.8 cm³/mol. The zero-order valence-electron chi connectivity index (χ0n) is 11.4. The van der Waals surface area contributed by atoms with Crippen LogP contribution in [0.25, 0.3) is 11.2 Å². The smallest absolute Gasteiger partial charge is 0.224 e. The fourth-order valence-electron chi connectivity index (χ4n) is 2.07. The zero-order chi connectivity index (χ0) is 15.7. The van der Waals surface area contributed by atoms with Gasteiger partial charge in [0.15, 0.2) is 17.0 Å². The summed E-state index contributed by atoms with van der Waals surface area (Å²) in [5.41, 5.74) is 14.0. The van der Waals surface area contributed by atoms with Gasteiger partial charge in [-0.2, -0.15) is 9.97 Å². The first kappa shape index (κ1) is 14.7. The molecule has 0 radical (unpaired) electrons. The van der Waals surface area contributed by atoms with Crippen LogP contribution < -0.4 is 11.5 Å². The summed E-state index contributed by atoms with van der Waals surface area (Å²) in [6.45, 7) is 0. The molecule has 0 unspecified atom stereocenters. The van der Waals surface area contributed by atoms with Gasteiger partial charge < -0.3 is 11.5 Å². The number of hydrogen-bond donors (Lipinski definition) is 2. The SMILES string of the molecule is Nc1nc(N)c2nc(CCc3ccc(Cl)c(Cl)c3)cnc2n1. The van der Waals surface area contributed by atoms with Crippen molar-refractivity contribution in [3.63, 3.8) is 0 Å². The van der Waals surface area contributed by atoms with E-state index in [4.69, 9.17) is 34.7 Å². The van der Waals surface area contributed by atoms with Crippen LogP contribution in [0.1, 0.15) is 11.3 Å². The maximum absolute atomic E-state index is 6.00. The number of hydrogen-bond acceptors (Lipinski definition) is 6. The molecule has 0 spiro atoms. The molecule has 22 heavy (non-hydrogen) atoms. The van der Waals surface area contributed by atoms with Gasteiger partial charge in [0, 0.05) is 0 Å². The van der Waals surface area contributed by atoms with Crippen LogP contribution in [0.4, 0.5) is 11.8 Å². The minimum Gasteiger partial charge on any atom is -0.382 e. The topological polar surface area (TPSA) is 104 Å². The highest BCUT2D eigenvalue weighted by molar-refractivity contribution is 6.42. The minimum atomic E-state index is 0.0860.